The van der Waals surface area contributed by atoms with Gasteiger partial charge in [0.2, 0.25) is 5.60 Å². The maximum absolute atomic E-state index is 12.0. The third kappa shape index (κ3) is 2.12. The molecule has 1 aliphatic heterocycles. The average Bonchev–Trinajstić information content (AvgIpc) is 3.02. The van der Waals surface area contributed by atoms with Crippen molar-refractivity contribution in [1.29, 1.82) is 0 Å². The van der Waals surface area contributed by atoms with Crippen molar-refractivity contribution in [2.45, 2.75) is 12.0 Å². The van der Waals surface area contributed by atoms with Crippen LogP contribution >= 0.6 is 22.6 Å². The Morgan fingerprint density at radius 3 is 2.90 bits per heavy atom. The summed E-state index contributed by atoms with van der Waals surface area (Å²) in [7, 11) is 1.66. The maximum Gasteiger partial charge on any atom is 0.262 e. The van der Waals surface area contributed by atoms with Crippen LogP contribution in [0, 0.1) is 3.57 Å². The number of likely N-dealkylation sites (tertiary alicyclic amines) is 1. The zero-order valence-electron chi connectivity index (χ0n) is 10.8. The number of likely N-dealkylation sites (N-methyl/N-ethyl adjacent to an activating group) is 1. The van der Waals surface area contributed by atoms with Crippen LogP contribution in [0.2, 0.25) is 0 Å². The molecule has 104 valence electrons. The molecule has 1 aliphatic rings. The molecular formula is C14H13IN2O3. The number of amides is 1. The first-order valence-electron chi connectivity index (χ1n) is 6.22. The van der Waals surface area contributed by atoms with Gasteiger partial charge in [-0.3, -0.25) is 4.79 Å². The van der Waals surface area contributed by atoms with E-state index in [4.69, 9.17) is 4.52 Å². The largest absolute Gasteiger partial charge is 0.373 e. The number of halogens is 1. The minimum Gasteiger partial charge on any atom is -0.373 e. The molecule has 1 unspecified atom stereocenters. The highest BCUT2D eigenvalue weighted by molar-refractivity contribution is 14.1. The van der Waals surface area contributed by atoms with Gasteiger partial charge in [-0.2, -0.15) is 0 Å². The molecule has 0 saturated carbocycles. The molecule has 1 aromatic heterocycles. The molecule has 1 N–H and O–H groups in total. The standard InChI is InChI=1S/C14H13IN2O3/c1-17-6-5-14(19,13(17)18)12-8-11(16-20-12)9-3-2-4-10(15)7-9/h2-4,7-8,19H,5-6H2,1H3. The van der Waals surface area contributed by atoms with Crippen molar-refractivity contribution in [3.8, 4) is 11.3 Å². The fraction of sp³-hybridized carbons (Fsp3) is 0.286. The number of nitrogens with zero attached hydrogens (tertiary/aromatic N) is 2. The fourth-order valence-electron chi connectivity index (χ4n) is 2.34. The fourth-order valence-corrected chi connectivity index (χ4v) is 2.88. The van der Waals surface area contributed by atoms with Crippen LogP contribution < -0.4 is 0 Å². The van der Waals surface area contributed by atoms with E-state index in [-0.39, 0.29) is 11.7 Å². The second kappa shape index (κ2) is 4.85. The molecule has 6 heteroatoms. The molecule has 0 bridgehead atoms. The average molecular weight is 384 g/mol. The predicted molar refractivity (Wildman–Crippen MR) is 80.8 cm³/mol. The molecule has 2 aromatic rings. The van der Waals surface area contributed by atoms with E-state index in [1.165, 1.54) is 4.90 Å². The van der Waals surface area contributed by atoms with Gasteiger partial charge in [0.15, 0.2) is 5.76 Å². The van der Waals surface area contributed by atoms with Crippen molar-refractivity contribution in [2.24, 2.45) is 0 Å². The van der Waals surface area contributed by atoms with Gasteiger partial charge in [-0.05, 0) is 34.7 Å². The smallest absolute Gasteiger partial charge is 0.262 e. The predicted octanol–water partition coefficient (Wildman–Crippen LogP) is 2.00. The van der Waals surface area contributed by atoms with Crippen molar-refractivity contribution in [3.05, 3.63) is 39.7 Å². The minimum absolute atomic E-state index is 0.209. The van der Waals surface area contributed by atoms with E-state index >= 15 is 0 Å². The van der Waals surface area contributed by atoms with E-state index < -0.39 is 5.60 Å². The molecule has 5 nitrogen and oxygen atoms in total. The number of carbonyl (C=O) groups is 1. The Labute approximate surface area is 129 Å². The number of hydrogen-bond acceptors (Lipinski definition) is 4. The Morgan fingerprint density at radius 2 is 2.25 bits per heavy atom. The molecule has 1 amide bonds. The first-order valence-corrected chi connectivity index (χ1v) is 7.30. The summed E-state index contributed by atoms with van der Waals surface area (Å²) in [5, 5.41) is 14.5. The van der Waals surface area contributed by atoms with Crippen molar-refractivity contribution in [2.75, 3.05) is 13.6 Å². The highest BCUT2D eigenvalue weighted by atomic mass is 127. The summed E-state index contributed by atoms with van der Waals surface area (Å²) >= 11 is 2.22. The lowest BCUT2D eigenvalue weighted by molar-refractivity contribution is -0.144. The van der Waals surface area contributed by atoms with Crippen LogP contribution in [0.15, 0.2) is 34.9 Å². The zero-order valence-corrected chi connectivity index (χ0v) is 13.0. The number of benzene rings is 1. The van der Waals surface area contributed by atoms with E-state index in [0.717, 1.165) is 9.13 Å². The summed E-state index contributed by atoms with van der Waals surface area (Å²) in [6, 6.07) is 9.43. The van der Waals surface area contributed by atoms with Gasteiger partial charge in [-0.1, -0.05) is 17.3 Å². The van der Waals surface area contributed by atoms with Gasteiger partial charge in [-0.25, -0.2) is 0 Å². The minimum atomic E-state index is -1.58. The lowest BCUT2D eigenvalue weighted by atomic mass is 9.98. The molecule has 1 saturated heterocycles. The van der Waals surface area contributed by atoms with Gasteiger partial charge in [0.25, 0.3) is 5.91 Å². The number of aliphatic hydroxyl groups is 1. The summed E-state index contributed by atoms with van der Waals surface area (Å²) in [6.45, 7) is 0.509. The summed E-state index contributed by atoms with van der Waals surface area (Å²) in [5.41, 5.74) is -0.0642. The van der Waals surface area contributed by atoms with Crippen LogP contribution in [0.3, 0.4) is 0 Å². The van der Waals surface area contributed by atoms with Crippen molar-refractivity contribution >= 4 is 28.5 Å². The van der Waals surface area contributed by atoms with Crippen LogP contribution in [0.1, 0.15) is 12.2 Å². The summed E-state index contributed by atoms with van der Waals surface area (Å²) < 4.78 is 6.30. The second-order valence-electron chi connectivity index (χ2n) is 4.92. The Morgan fingerprint density at radius 1 is 1.45 bits per heavy atom. The quantitative estimate of drug-likeness (QED) is 0.805. The van der Waals surface area contributed by atoms with E-state index in [0.29, 0.717) is 18.7 Å². The van der Waals surface area contributed by atoms with Gasteiger partial charge in [0.05, 0.1) is 0 Å². The normalized spacial score (nSPS) is 22.6. The van der Waals surface area contributed by atoms with Crippen molar-refractivity contribution in [3.63, 3.8) is 0 Å². The van der Waals surface area contributed by atoms with Gasteiger partial charge in [0.1, 0.15) is 5.69 Å². The molecule has 1 fully saturated rings. The van der Waals surface area contributed by atoms with Gasteiger partial charge < -0.3 is 14.5 Å². The van der Waals surface area contributed by atoms with Crippen LogP contribution in [0.5, 0.6) is 0 Å². The van der Waals surface area contributed by atoms with E-state index in [1.54, 1.807) is 13.1 Å². The summed E-state index contributed by atoms with van der Waals surface area (Å²) in [5.74, 6) is -0.136. The first kappa shape index (κ1) is 13.6. The lowest BCUT2D eigenvalue weighted by Gasteiger charge is -2.16. The Balaban J connectivity index is 1.97. The zero-order chi connectivity index (χ0) is 14.3. The molecule has 20 heavy (non-hydrogen) atoms. The maximum atomic E-state index is 12.0. The van der Waals surface area contributed by atoms with Crippen LogP contribution in [0.4, 0.5) is 0 Å². The second-order valence-corrected chi connectivity index (χ2v) is 6.17. The molecule has 0 spiro atoms. The highest BCUT2D eigenvalue weighted by Crippen LogP contribution is 2.34. The number of rotatable bonds is 2. The molecular weight excluding hydrogens is 371 g/mol. The molecule has 0 aliphatic carbocycles. The van der Waals surface area contributed by atoms with Gasteiger partial charge in [-0.15, -0.1) is 0 Å². The molecule has 3 rings (SSSR count). The van der Waals surface area contributed by atoms with Gasteiger partial charge >= 0.3 is 0 Å². The number of hydrogen-bond donors (Lipinski definition) is 1. The van der Waals surface area contributed by atoms with Crippen molar-refractivity contribution in [1.82, 2.24) is 10.1 Å². The van der Waals surface area contributed by atoms with Crippen molar-refractivity contribution < 1.29 is 14.4 Å². The molecule has 2 heterocycles. The Kier molecular flexibility index (Phi) is 3.29. The third-order valence-electron chi connectivity index (χ3n) is 3.55. The lowest BCUT2D eigenvalue weighted by Crippen LogP contribution is -2.35. The first-order chi connectivity index (χ1) is 9.50. The van der Waals surface area contributed by atoms with E-state index in [2.05, 4.69) is 27.7 Å². The van der Waals surface area contributed by atoms with E-state index in [1.807, 2.05) is 24.3 Å². The highest BCUT2D eigenvalue weighted by Gasteiger charge is 2.48. The number of carbonyl (C=O) groups excluding carboxylic acids is 1. The Bertz CT molecular complexity index is 670. The molecule has 1 aromatic carbocycles. The van der Waals surface area contributed by atoms with Crippen LogP contribution in [-0.2, 0) is 10.4 Å². The third-order valence-corrected chi connectivity index (χ3v) is 4.22. The SMILES string of the molecule is CN1CCC(O)(c2cc(-c3cccc(I)c3)no2)C1=O. The molecule has 0 radical (unpaired) electrons. The van der Waals surface area contributed by atoms with Crippen LogP contribution in [0.25, 0.3) is 11.3 Å². The monoisotopic (exact) mass is 384 g/mol. The molecule has 1 atom stereocenters. The number of aromatic nitrogens is 1. The summed E-state index contributed by atoms with van der Waals surface area (Å²) in [4.78, 5) is 13.5. The van der Waals surface area contributed by atoms with Crippen LogP contribution in [-0.4, -0.2) is 34.7 Å². The Hall–Kier alpha value is -1.41. The van der Waals surface area contributed by atoms with Gasteiger partial charge in [0, 0.05) is 35.2 Å². The summed E-state index contributed by atoms with van der Waals surface area (Å²) in [6.07, 6.45) is 0.323. The van der Waals surface area contributed by atoms with E-state index in [9.17, 15) is 9.90 Å². The topological polar surface area (TPSA) is 66.6 Å².